The number of aryl methyl sites for hydroxylation is 4. The fourth-order valence-corrected chi connectivity index (χ4v) is 5.41. The Kier molecular flexibility index (Phi) is 4.81. The summed E-state index contributed by atoms with van der Waals surface area (Å²) in [5.41, 5.74) is 11.7. The van der Waals surface area contributed by atoms with Crippen LogP contribution in [0.4, 0.5) is 0 Å². The van der Waals surface area contributed by atoms with E-state index in [0.29, 0.717) is 0 Å². The number of rotatable bonds is 4. The number of hydrogen-bond donors (Lipinski definition) is 0. The maximum Gasteiger partial charge on any atom is 0.213 e. The second kappa shape index (κ2) is 7.03. The fraction of sp³-hybridized carbons (Fsp3) is 0.444. The average molecular weight is 373 g/mol. The molecule has 0 aliphatic carbocycles. The molecule has 1 aliphatic rings. The van der Waals surface area contributed by atoms with Gasteiger partial charge in [0.2, 0.25) is 11.2 Å². The van der Waals surface area contributed by atoms with Crippen molar-refractivity contribution in [2.45, 2.75) is 79.2 Å². The molecule has 1 heteroatoms. The standard InChI is InChI=1S/C27H34N/c1-7-10-21-16-26-22(15-19(21)5)11-12-25-23-14-18(4)13-20(6)24(23)17-27(8-2,9-3)28(25)26/h11-16H,7-10,17H2,1-6H3/q+1. The number of hydrogen-bond acceptors (Lipinski definition) is 0. The minimum atomic E-state index is 0.153. The molecule has 2 aromatic carbocycles. The van der Waals surface area contributed by atoms with Crippen molar-refractivity contribution in [2.75, 3.05) is 0 Å². The van der Waals surface area contributed by atoms with Crippen LogP contribution in [0.3, 0.4) is 0 Å². The summed E-state index contributed by atoms with van der Waals surface area (Å²) in [6.07, 6.45) is 5.80. The molecule has 28 heavy (non-hydrogen) atoms. The van der Waals surface area contributed by atoms with Crippen LogP contribution < -0.4 is 4.57 Å². The monoisotopic (exact) mass is 372 g/mol. The molecule has 0 spiro atoms. The van der Waals surface area contributed by atoms with Gasteiger partial charge in [0, 0.05) is 36.8 Å². The van der Waals surface area contributed by atoms with Gasteiger partial charge in [-0.1, -0.05) is 38.8 Å². The third kappa shape index (κ3) is 2.79. The SMILES string of the molecule is CCCc1cc2c(ccc3[n+]2C(CC)(CC)Cc2c(C)cc(C)cc2-3)cc1C. The maximum atomic E-state index is 2.71. The van der Waals surface area contributed by atoms with Gasteiger partial charge in [0.1, 0.15) is 0 Å². The lowest BCUT2D eigenvalue weighted by Crippen LogP contribution is -2.60. The van der Waals surface area contributed by atoms with Crippen LogP contribution in [0.5, 0.6) is 0 Å². The quantitative estimate of drug-likeness (QED) is 0.446. The summed E-state index contributed by atoms with van der Waals surface area (Å²) in [7, 11) is 0. The zero-order valence-corrected chi connectivity index (χ0v) is 18.4. The van der Waals surface area contributed by atoms with Crippen molar-refractivity contribution in [1.29, 1.82) is 0 Å². The number of benzene rings is 2. The zero-order chi connectivity index (χ0) is 20.1. The molecule has 0 bridgehead atoms. The molecule has 3 aromatic rings. The van der Waals surface area contributed by atoms with E-state index in [-0.39, 0.29) is 5.54 Å². The highest BCUT2D eigenvalue weighted by Crippen LogP contribution is 2.40. The second-order valence-electron chi connectivity index (χ2n) is 8.86. The van der Waals surface area contributed by atoms with E-state index in [1.807, 2.05) is 0 Å². The van der Waals surface area contributed by atoms with E-state index in [1.165, 1.54) is 50.8 Å². The predicted molar refractivity (Wildman–Crippen MR) is 120 cm³/mol. The van der Waals surface area contributed by atoms with Gasteiger partial charge in [0.25, 0.3) is 0 Å². The van der Waals surface area contributed by atoms with Crippen molar-refractivity contribution < 1.29 is 4.57 Å². The van der Waals surface area contributed by atoms with Crippen LogP contribution in [0.25, 0.3) is 22.2 Å². The smallest absolute Gasteiger partial charge is 0.186 e. The van der Waals surface area contributed by atoms with Gasteiger partial charge in [0.05, 0.1) is 5.56 Å². The molecule has 1 aliphatic heterocycles. The Hall–Kier alpha value is -2.15. The van der Waals surface area contributed by atoms with Crippen molar-refractivity contribution >= 4 is 10.9 Å². The van der Waals surface area contributed by atoms with E-state index in [4.69, 9.17) is 0 Å². The van der Waals surface area contributed by atoms with Crippen molar-refractivity contribution in [1.82, 2.24) is 0 Å². The van der Waals surface area contributed by atoms with E-state index in [9.17, 15) is 0 Å². The largest absolute Gasteiger partial charge is 0.213 e. The van der Waals surface area contributed by atoms with Crippen LogP contribution in [0.2, 0.25) is 0 Å². The minimum absolute atomic E-state index is 0.153. The molecular formula is C27H34N+. The zero-order valence-electron chi connectivity index (χ0n) is 18.4. The molecule has 2 heterocycles. The number of pyridine rings is 1. The molecule has 0 fully saturated rings. The molecule has 0 saturated carbocycles. The molecule has 0 N–H and O–H groups in total. The summed E-state index contributed by atoms with van der Waals surface area (Å²) in [6.45, 7) is 13.8. The van der Waals surface area contributed by atoms with Crippen LogP contribution in [0, 0.1) is 20.8 Å². The third-order valence-electron chi connectivity index (χ3n) is 7.10. The van der Waals surface area contributed by atoms with Gasteiger partial charge in [-0.15, -0.1) is 0 Å². The van der Waals surface area contributed by atoms with Gasteiger partial charge in [-0.3, -0.25) is 0 Å². The molecule has 1 nitrogen and oxygen atoms in total. The molecule has 146 valence electrons. The van der Waals surface area contributed by atoms with Gasteiger partial charge in [-0.2, -0.15) is 4.57 Å². The third-order valence-corrected chi connectivity index (χ3v) is 7.10. The lowest BCUT2D eigenvalue weighted by molar-refractivity contribution is -0.735. The van der Waals surface area contributed by atoms with Crippen LogP contribution >= 0.6 is 0 Å². The van der Waals surface area contributed by atoms with Crippen molar-refractivity contribution in [2.24, 2.45) is 0 Å². The van der Waals surface area contributed by atoms with E-state index >= 15 is 0 Å². The lowest BCUT2D eigenvalue weighted by atomic mass is 9.77. The maximum absolute atomic E-state index is 2.71. The van der Waals surface area contributed by atoms with E-state index < -0.39 is 0 Å². The molecule has 0 unspecified atom stereocenters. The molecular weight excluding hydrogens is 338 g/mol. The van der Waals surface area contributed by atoms with Crippen LogP contribution in [0.15, 0.2) is 36.4 Å². The van der Waals surface area contributed by atoms with Crippen LogP contribution in [0.1, 0.15) is 67.9 Å². The van der Waals surface area contributed by atoms with E-state index in [2.05, 4.69) is 82.5 Å². The lowest BCUT2D eigenvalue weighted by Gasteiger charge is -2.34. The Morgan fingerprint density at radius 3 is 2.32 bits per heavy atom. The van der Waals surface area contributed by atoms with Gasteiger partial charge in [-0.05, 0) is 67.6 Å². The molecule has 0 radical (unpaired) electrons. The van der Waals surface area contributed by atoms with Crippen molar-refractivity contribution in [3.8, 4) is 11.3 Å². The Bertz CT molecular complexity index is 1050. The summed E-state index contributed by atoms with van der Waals surface area (Å²) in [6, 6.07) is 14.4. The normalized spacial score (nSPS) is 14.8. The minimum Gasteiger partial charge on any atom is -0.186 e. The van der Waals surface area contributed by atoms with Crippen molar-refractivity contribution in [3.05, 3.63) is 64.2 Å². The molecule has 0 amide bonds. The average Bonchev–Trinajstić information content (AvgIpc) is 2.68. The highest BCUT2D eigenvalue weighted by atomic mass is 15.1. The molecule has 4 rings (SSSR count). The summed E-state index contributed by atoms with van der Waals surface area (Å²) >= 11 is 0. The number of aromatic nitrogens is 1. The second-order valence-corrected chi connectivity index (χ2v) is 8.86. The van der Waals surface area contributed by atoms with Gasteiger partial charge < -0.3 is 0 Å². The molecule has 0 saturated heterocycles. The summed E-state index contributed by atoms with van der Waals surface area (Å²) in [4.78, 5) is 0. The van der Waals surface area contributed by atoms with Crippen LogP contribution in [-0.2, 0) is 18.4 Å². The Balaban J connectivity index is 2.13. The first kappa shape index (κ1) is 19.2. The Labute approximate surface area is 170 Å². The summed E-state index contributed by atoms with van der Waals surface area (Å²) in [5.74, 6) is 0. The first-order valence-electron chi connectivity index (χ1n) is 11.0. The predicted octanol–water partition coefficient (Wildman–Crippen LogP) is 6.74. The highest BCUT2D eigenvalue weighted by molar-refractivity contribution is 5.80. The summed E-state index contributed by atoms with van der Waals surface area (Å²) < 4.78 is 2.71. The van der Waals surface area contributed by atoms with Gasteiger partial charge in [-0.25, -0.2) is 0 Å². The van der Waals surface area contributed by atoms with Gasteiger partial charge >= 0.3 is 0 Å². The van der Waals surface area contributed by atoms with Gasteiger partial charge in [0.15, 0.2) is 5.54 Å². The number of nitrogens with zero attached hydrogens (tertiary/aromatic N) is 1. The topological polar surface area (TPSA) is 3.88 Å². The highest BCUT2D eigenvalue weighted by Gasteiger charge is 2.45. The fourth-order valence-electron chi connectivity index (χ4n) is 5.41. The molecule has 1 aromatic heterocycles. The van der Waals surface area contributed by atoms with E-state index in [0.717, 1.165) is 25.7 Å². The summed E-state index contributed by atoms with van der Waals surface area (Å²) in [5, 5.41) is 1.38. The first-order valence-corrected chi connectivity index (χ1v) is 11.0. The molecule has 0 atom stereocenters. The first-order chi connectivity index (χ1) is 13.4. The number of fused-ring (bicyclic) bond motifs is 5. The van der Waals surface area contributed by atoms with E-state index in [1.54, 1.807) is 5.56 Å². The Morgan fingerprint density at radius 1 is 0.893 bits per heavy atom. The van der Waals surface area contributed by atoms with Crippen LogP contribution in [-0.4, -0.2) is 0 Å². The Morgan fingerprint density at radius 2 is 1.64 bits per heavy atom. The van der Waals surface area contributed by atoms with Crippen molar-refractivity contribution in [3.63, 3.8) is 0 Å².